The number of carbonyl (C=O) groups is 1. The van der Waals surface area contributed by atoms with Crippen molar-refractivity contribution < 1.29 is 42.3 Å². The van der Waals surface area contributed by atoms with Gasteiger partial charge in [-0.1, -0.05) is 36.4 Å². The maximum Gasteiger partial charge on any atom is 0.160 e. The summed E-state index contributed by atoms with van der Waals surface area (Å²) < 4.78 is 0. The minimum Gasteiger partial charge on any atom is -0.376 e. The molecule has 21 heavy (non-hydrogen) atoms. The van der Waals surface area contributed by atoms with Gasteiger partial charge in [-0.05, 0) is 6.42 Å². The van der Waals surface area contributed by atoms with Gasteiger partial charge >= 0.3 is 0 Å². The zero-order chi connectivity index (χ0) is 14.2. The Bertz CT molecular complexity index is 548. The van der Waals surface area contributed by atoms with Crippen molar-refractivity contribution in [1.29, 1.82) is 0 Å². The summed E-state index contributed by atoms with van der Waals surface area (Å²) in [6, 6.07) is 18.4. The van der Waals surface area contributed by atoms with Gasteiger partial charge in [0.15, 0.2) is 5.78 Å². The molecular formula is C18H16O2Y-2. The second-order valence-electron chi connectivity index (χ2n) is 4.69. The normalized spacial score (nSPS) is 15.0. The molecule has 1 unspecified atom stereocenters. The molecule has 2 aromatic rings. The van der Waals surface area contributed by atoms with Gasteiger partial charge in [-0.2, -0.15) is 23.6 Å². The number of Topliss-reactive ketones (excluding diaryl/α,β-unsaturated/α-hetero) is 1. The summed E-state index contributed by atoms with van der Waals surface area (Å²) >= 11 is 0. The fourth-order valence-electron chi connectivity index (χ4n) is 1.75. The molecule has 0 spiro atoms. The molecule has 0 amide bonds. The molecule has 1 radical (unpaired) electrons. The minimum absolute atomic E-state index is 0. The van der Waals surface area contributed by atoms with Crippen LogP contribution in [0.3, 0.4) is 0 Å². The maximum atomic E-state index is 11.5. The Kier molecular flexibility index (Phi) is 8.33. The van der Waals surface area contributed by atoms with Crippen LogP contribution in [0.4, 0.5) is 0 Å². The standard InChI is InChI=1S/C11H11O.C7H5O.Y/c12-11(8-9-6-7-9)10-4-2-1-3-5-10;8-6-7-4-2-1-3-5-7;/h1-6,9H,7-8H2;1-5H;/q2*-1;. The summed E-state index contributed by atoms with van der Waals surface area (Å²) in [7, 11) is 0. The molecule has 1 fully saturated rings. The first-order chi connectivity index (χ1) is 9.79. The molecule has 1 aliphatic carbocycles. The van der Waals surface area contributed by atoms with E-state index in [4.69, 9.17) is 0 Å². The van der Waals surface area contributed by atoms with Gasteiger partial charge in [0, 0.05) is 38.3 Å². The summed E-state index contributed by atoms with van der Waals surface area (Å²) in [5, 5.41) is 0. The number of rotatable bonds is 4. The van der Waals surface area contributed by atoms with E-state index in [9.17, 15) is 9.59 Å². The number of carbonyl (C=O) groups excluding carboxylic acids is 2. The van der Waals surface area contributed by atoms with Crippen LogP contribution in [0.1, 0.15) is 28.8 Å². The van der Waals surface area contributed by atoms with Crippen LogP contribution < -0.4 is 0 Å². The number of benzene rings is 2. The second kappa shape index (κ2) is 9.75. The van der Waals surface area contributed by atoms with E-state index in [-0.39, 0.29) is 38.5 Å². The molecule has 0 N–H and O–H groups in total. The van der Waals surface area contributed by atoms with E-state index in [1.807, 2.05) is 36.4 Å². The largest absolute Gasteiger partial charge is 0.376 e. The van der Waals surface area contributed by atoms with Crippen molar-refractivity contribution in [3.05, 3.63) is 78.2 Å². The smallest absolute Gasteiger partial charge is 0.160 e. The zero-order valence-electron chi connectivity index (χ0n) is 11.7. The van der Waals surface area contributed by atoms with Crippen LogP contribution in [-0.2, 0) is 37.5 Å². The van der Waals surface area contributed by atoms with E-state index in [1.54, 1.807) is 30.6 Å². The summed E-state index contributed by atoms with van der Waals surface area (Å²) in [6.07, 6.45) is 5.78. The van der Waals surface area contributed by atoms with Crippen molar-refractivity contribution >= 4 is 12.1 Å². The summed E-state index contributed by atoms with van der Waals surface area (Å²) in [5.74, 6) is 0.840. The zero-order valence-corrected chi connectivity index (χ0v) is 14.6. The van der Waals surface area contributed by atoms with Crippen molar-refractivity contribution in [2.24, 2.45) is 5.92 Å². The van der Waals surface area contributed by atoms with Gasteiger partial charge in [-0.3, -0.25) is 4.79 Å². The molecule has 105 valence electrons. The molecule has 2 nitrogen and oxygen atoms in total. The molecule has 1 aliphatic rings. The second-order valence-corrected chi connectivity index (χ2v) is 4.69. The van der Waals surface area contributed by atoms with Crippen molar-refractivity contribution in [1.82, 2.24) is 0 Å². The molecule has 0 aromatic heterocycles. The van der Waals surface area contributed by atoms with Crippen LogP contribution in [0.2, 0.25) is 0 Å². The average Bonchev–Trinajstić information content (AvgIpc) is 3.33. The number of ketones is 1. The third-order valence-electron chi connectivity index (χ3n) is 3.00. The van der Waals surface area contributed by atoms with E-state index in [0.717, 1.165) is 12.0 Å². The summed E-state index contributed by atoms with van der Waals surface area (Å²) in [4.78, 5) is 21.4. The van der Waals surface area contributed by atoms with E-state index >= 15 is 0 Å². The van der Waals surface area contributed by atoms with E-state index < -0.39 is 0 Å². The predicted octanol–water partition coefficient (Wildman–Crippen LogP) is 3.63. The van der Waals surface area contributed by atoms with Crippen LogP contribution in [0.15, 0.2) is 60.7 Å². The van der Waals surface area contributed by atoms with Gasteiger partial charge in [0.05, 0.1) is 6.29 Å². The van der Waals surface area contributed by atoms with Gasteiger partial charge in [0.2, 0.25) is 0 Å². The fourth-order valence-corrected chi connectivity index (χ4v) is 1.75. The molecule has 3 rings (SSSR count). The van der Waals surface area contributed by atoms with Gasteiger partial charge in [-0.15, -0.1) is 12.1 Å². The predicted molar refractivity (Wildman–Crippen MR) is 79.0 cm³/mol. The van der Waals surface area contributed by atoms with Gasteiger partial charge < -0.3 is 11.2 Å². The Morgan fingerprint density at radius 1 is 1.05 bits per heavy atom. The maximum absolute atomic E-state index is 11.5. The van der Waals surface area contributed by atoms with Gasteiger partial charge in [-0.25, -0.2) is 6.42 Å². The molecule has 3 heteroatoms. The fraction of sp³-hybridized carbons (Fsp3) is 0.167. The van der Waals surface area contributed by atoms with Crippen molar-refractivity contribution in [2.45, 2.75) is 12.8 Å². The first-order valence-corrected chi connectivity index (χ1v) is 6.64. The van der Waals surface area contributed by atoms with Gasteiger partial charge in [0.25, 0.3) is 0 Å². The Morgan fingerprint density at radius 2 is 1.57 bits per heavy atom. The third-order valence-corrected chi connectivity index (χ3v) is 3.00. The Balaban J connectivity index is 0.000000216. The summed E-state index contributed by atoms with van der Waals surface area (Å²) in [6.45, 7) is 0. The Hall–Kier alpha value is -1.12. The quantitative estimate of drug-likeness (QED) is 0.621. The van der Waals surface area contributed by atoms with E-state index in [0.29, 0.717) is 17.9 Å². The molecule has 0 bridgehead atoms. The number of hydrogen-bond acceptors (Lipinski definition) is 2. The van der Waals surface area contributed by atoms with Crippen molar-refractivity contribution in [3.8, 4) is 0 Å². The van der Waals surface area contributed by atoms with E-state index in [1.165, 1.54) is 0 Å². The molecule has 2 aromatic carbocycles. The monoisotopic (exact) mass is 353 g/mol. The molecule has 1 saturated carbocycles. The molecule has 0 aliphatic heterocycles. The Labute approximate surface area is 150 Å². The molecule has 0 heterocycles. The van der Waals surface area contributed by atoms with Crippen LogP contribution in [0.5, 0.6) is 0 Å². The van der Waals surface area contributed by atoms with Crippen LogP contribution in [0, 0.1) is 12.3 Å². The van der Waals surface area contributed by atoms with Crippen LogP contribution in [0.25, 0.3) is 0 Å². The van der Waals surface area contributed by atoms with Crippen LogP contribution >= 0.6 is 0 Å². The first-order valence-electron chi connectivity index (χ1n) is 6.64. The summed E-state index contributed by atoms with van der Waals surface area (Å²) in [5.41, 5.74) is 1.45. The van der Waals surface area contributed by atoms with Crippen LogP contribution in [-0.4, -0.2) is 12.1 Å². The topological polar surface area (TPSA) is 34.1 Å². The third kappa shape index (κ3) is 6.92. The Morgan fingerprint density at radius 3 is 2.00 bits per heavy atom. The van der Waals surface area contributed by atoms with Gasteiger partial charge in [0.1, 0.15) is 0 Å². The average molecular weight is 353 g/mol. The molecule has 1 atom stereocenters. The minimum atomic E-state index is 0. The number of hydrogen-bond donors (Lipinski definition) is 0. The SMILES string of the molecule is O=C(CC1[CH-]C1)c1ccccc1.O=[C-]c1ccccc1.[Y]. The van der Waals surface area contributed by atoms with Crippen molar-refractivity contribution in [3.63, 3.8) is 0 Å². The molecular weight excluding hydrogens is 337 g/mol. The van der Waals surface area contributed by atoms with E-state index in [2.05, 4.69) is 6.42 Å². The van der Waals surface area contributed by atoms with Crippen molar-refractivity contribution in [2.75, 3.05) is 0 Å². The molecule has 0 saturated heterocycles. The first kappa shape index (κ1) is 17.9.